The van der Waals surface area contributed by atoms with Gasteiger partial charge in [-0.05, 0) is 42.3 Å². The minimum absolute atomic E-state index is 0.143. The number of nitrogens with two attached hydrogens (primary N) is 1. The van der Waals surface area contributed by atoms with E-state index in [0.717, 1.165) is 29.3 Å². The molecule has 1 aromatic carbocycles. The number of carbonyl (C=O) groups is 2. The second-order valence-corrected chi connectivity index (χ2v) is 6.55. The van der Waals surface area contributed by atoms with Crippen molar-refractivity contribution in [3.8, 4) is 5.75 Å². The molecule has 3 atom stereocenters. The van der Waals surface area contributed by atoms with Gasteiger partial charge in [0, 0.05) is 30.0 Å². The van der Waals surface area contributed by atoms with E-state index >= 15 is 0 Å². The SMILES string of the molecule is COc1cc2c(C3CC3C3CCC(=O)N3)nccc2cc1C(N)=O. The molecule has 2 aliphatic rings. The molecule has 0 bridgehead atoms. The van der Waals surface area contributed by atoms with E-state index in [1.165, 1.54) is 7.11 Å². The Morgan fingerprint density at radius 1 is 1.42 bits per heavy atom. The molecule has 1 aliphatic carbocycles. The zero-order valence-electron chi connectivity index (χ0n) is 13.4. The van der Waals surface area contributed by atoms with Crippen molar-refractivity contribution in [3.63, 3.8) is 0 Å². The van der Waals surface area contributed by atoms with Crippen LogP contribution < -0.4 is 15.8 Å². The molecule has 2 heterocycles. The summed E-state index contributed by atoms with van der Waals surface area (Å²) in [5, 5.41) is 4.97. The fraction of sp³-hybridized carbons (Fsp3) is 0.389. The summed E-state index contributed by atoms with van der Waals surface area (Å²) in [5.41, 5.74) is 6.81. The monoisotopic (exact) mass is 325 g/mol. The maximum atomic E-state index is 11.6. The van der Waals surface area contributed by atoms with Crippen molar-refractivity contribution in [1.82, 2.24) is 10.3 Å². The normalized spacial score (nSPS) is 25.5. The summed E-state index contributed by atoms with van der Waals surface area (Å²) >= 11 is 0. The number of ether oxygens (including phenoxy) is 1. The molecule has 1 saturated carbocycles. The van der Waals surface area contributed by atoms with Crippen LogP contribution in [0.1, 0.15) is 41.2 Å². The number of aromatic nitrogens is 1. The highest BCUT2D eigenvalue weighted by atomic mass is 16.5. The van der Waals surface area contributed by atoms with Crippen LogP contribution in [-0.2, 0) is 4.79 Å². The maximum Gasteiger partial charge on any atom is 0.252 e. The molecule has 6 heteroatoms. The van der Waals surface area contributed by atoms with Gasteiger partial charge in [0.05, 0.1) is 18.4 Å². The van der Waals surface area contributed by atoms with Gasteiger partial charge in [-0.25, -0.2) is 0 Å². The van der Waals surface area contributed by atoms with Crippen LogP contribution in [0.2, 0.25) is 0 Å². The van der Waals surface area contributed by atoms with Gasteiger partial charge >= 0.3 is 0 Å². The molecule has 6 nitrogen and oxygen atoms in total. The second kappa shape index (κ2) is 5.47. The third kappa shape index (κ3) is 2.38. The Morgan fingerprint density at radius 2 is 2.25 bits per heavy atom. The first-order valence-corrected chi connectivity index (χ1v) is 8.14. The van der Waals surface area contributed by atoms with Crippen LogP contribution in [0.15, 0.2) is 24.4 Å². The summed E-state index contributed by atoms with van der Waals surface area (Å²) in [4.78, 5) is 27.6. The van der Waals surface area contributed by atoms with Crippen molar-refractivity contribution in [3.05, 3.63) is 35.7 Å². The lowest BCUT2D eigenvalue weighted by Gasteiger charge is -2.12. The topological polar surface area (TPSA) is 94.3 Å². The van der Waals surface area contributed by atoms with Gasteiger partial charge in [0.1, 0.15) is 5.75 Å². The highest BCUT2D eigenvalue weighted by Gasteiger charge is 2.47. The van der Waals surface area contributed by atoms with E-state index in [4.69, 9.17) is 10.5 Å². The molecule has 2 amide bonds. The number of amides is 2. The van der Waals surface area contributed by atoms with Crippen LogP contribution in [0, 0.1) is 5.92 Å². The zero-order chi connectivity index (χ0) is 16.8. The molecule has 1 aliphatic heterocycles. The lowest BCUT2D eigenvalue weighted by Crippen LogP contribution is -2.27. The number of carbonyl (C=O) groups excluding carboxylic acids is 2. The lowest BCUT2D eigenvalue weighted by atomic mass is 10.0. The molecule has 24 heavy (non-hydrogen) atoms. The first kappa shape index (κ1) is 14.9. The third-order valence-electron chi connectivity index (χ3n) is 5.12. The molecule has 124 valence electrons. The molecular formula is C18H19N3O3. The predicted octanol–water partition coefficient (Wildman–Crippen LogP) is 1.72. The Bertz CT molecular complexity index is 849. The minimum atomic E-state index is -0.509. The van der Waals surface area contributed by atoms with Gasteiger partial charge in [0.15, 0.2) is 0 Å². The van der Waals surface area contributed by atoms with Crippen LogP contribution in [-0.4, -0.2) is 29.9 Å². The molecular weight excluding hydrogens is 306 g/mol. The quantitative estimate of drug-likeness (QED) is 0.895. The number of hydrogen-bond donors (Lipinski definition) is 2. The van der Waals surface area contributed by atoms with Gasteiger partial charge in [0.25, 0.3) is 5.91 Å². The maximum absolute atomic E-state index is 11.6. The summed E-state index contributed by atoms with van der Waals surface area (Å²) in [7, 11) is 1.53. The largest absolute Gasteiger partial charge is 0.496 e. The van der Waals surface area contributed by atoms with E-state index in [0.29, 0.717) is 29.6 Å². The van der Waals surface area contributed by atoms with E-state index in [1.807, 2.05) is 12.1 Å². The number of benzene rings is 1. The molecule has 2 fully saturated rings. The van der Waals surface area contributed by atoms with Crippen LogP contribution in [0.25, 0.3) is 10.8 Å². The van der Waals surface area contributed by atoms with Crippen LogP contribution in [0.4, 0.5) is 0 Å². The Balaban J connectivity index is 1.72. The van der Waals surface area contributed by atoms with Gasteiger partial charge in [-0.3, -0.25) is 14.6 Å². The highest BCUT2D eigenvalue weighted by molar-refractivity contribution is 6.01. The zero-order valence-corrected chi connectivity index (χ0v) is 13.4. The van der Waals surface area contributed by atoms with Gasteiger partial charge < -0.3 is 15.8 Å². The lowest BCUT2D eigenvalue weighted by molar-refractivity contribution is -0.119. The van der Waals surface area contributed by atoms with Crippen molar-refractivity contribution in [2.24, 2.45) is 11.7 Å². The molecule has 1 saturated heterocycles. The number of fused-ring (bicyclic) bond motifs is 1. The minimum Gasteiger partial charge on any atom is -0.496 e. The van der Waals surface area contributed by atoms with Crippen molar-refractivity contribution in [1.29, 1.82) is 0 Å². The first-order valence-electron chi connectivity index (χ1n) is 8.14. The third-order valence-corrected chi connectivity index (χ3v) is 5.12. The predicted molar refractivity (Wildman–Crippen MR) is 88.8 cm³/mol. The van der Waals surface area contributed by atoms with Gasteiger partial charge in [-0.15, -0.1) is 0 Å². The standard InChI is InChI=1S/C18H19N3O3/c1-24-15-8-10-9(6-13(15)18(19)23)4-5-20-17(10)12-7-11(12)14-2-3-16(22)21-14/h4-6,8,11-12,14H,2-3,7H2,1H3,(H2,19,23)(H,21,22). The van der Waals surface area contributed by atoms with Gasteiger partial charge in [-0.2, -0.15) is 0 Å². The Hall–Kier alpha value is -2.63. The Labute approximate surface area is 139 Å². The molecule has 0 radical (unpaired) electrons. The van der Waals surface area contributed by atoms with E-state index in [2.05, 4.69) is 10.3 Å². The van der Waals surface area contributed by atoms with E-state index in [9.17, 15) is 9.59 Å². The number of primary amides is 1. The first-order chi connectivity index (χ1) is 11.6. The summed E-state index contributed by atoms with van der Waals surface area (Å²) < 4.78 is 5.32. The van der Waals surface area contributed by atoms with E-state index < -0.39 is 5.91 Å². The van der Waals surface area contributed by atoms with Crippen LogP contribution in [0.3, 0.4) is 0 Å². The van der Waals surface area contributed by atoms with Crippen LogP contribution >= 0.6 is 0 Å². The molecule has 3 N–H and O–H groups in total. The Morgan fingerprint density at radius 3 is 2.92 bits per heavy atom. The smallest absolute Gasteiger partial charge is 0.252 e. The Kier molecular flexibility index (Phi) is 3.40. The van der Waals surface area contributed by atoms with Gasteiger partial charge in [-0.1, -0.05) is 0 Å². The fourth-order valence-electron chi connectivity index (χ4n) is 3.81. The molecule has 4 rings (SSSR count). The number of nitrogens with zero attached hydrogens (tertiary/aromatic N) is 1. The summed E-state index contributed by atoms with van der Waals surface area (Å²) in [6.07, 6.45) is 4.31. The number of pyridine rings is 1. The van der Waals surface area contributed by atoms with Crippen LogP contribution in [0.5, 0.6) is 5.75 Å². The summed E-state index contributed by atoms with van der Waals surface area (Å²) in [5.74, 6) is 0.877. The second-order valence-electron chi connectivity index (χ2n) is 6.55. The van der Waals surface area contributed by atoms with E-state index in [-0.39, 0.29) is 11.9 Å². The molecule has 0 spiro atoms. The fourth-order valence-corrected chi connectivity index (χ4v) is 3.81. The molecule has 3 unspecified atom stereocenters. The van der Waals surface area contributed by atoms with Crippen molar-refractivity contribution in [2.75, 3.05) is 7.11 Å². The highest BCUT2D eigenvalue weighted by Crippen LogP contribution is 2.52. The number of methoxy groups -OCH3 is 1. The van der Waals surface area contributed by atoms with Crippen molar-refractivity contribution >= 4 is 22.6 Å². The number of rotatable bonds is 4. The average Bonchev–Trinajstić information content (AvgIpc) is 3.26. The van der Waals surface area contributed by atoms with Crippen molar-refractivity contribution < 1.29 is 14.3 Å². The van der Waals surface area contributed by atoms with E-state index in [1.54, 1.807) is 12.3 Å². The van der Waals surface area contributed by atoms with Gasteiger partial charge in [0.2, 0.25) is 5.91 Å². The average molecular weight is 325 g/mol. The molecule has 2 aromatic rings. The molecule has 1 aromatic heterocycles. The number of hydrogen-bond acceptors (Lipinski definition) is 4. The number of nitrogens with one attached hydrogen (secondary N) is 1. The van der Waals surface area contributed by atoms with Crippen molar-refractivity contribution in [2.45, 2.75) is 31.2 Å². The summed E-state index contributed by atoms with van der Waals surface area (Å²) in [6, 6.07) is 5.74. The summed E-state index contributed by atoms with van der Waals surface area (Å²) in [6.45, 7) is 0.